The van der Waals surface area contributed by atoms with Gasteiger partial charge in [-0.3, -0.25) is 13.6 Å². The molecule has 0 amide bonds. The van der Waals surface area contributed by atoms with E-state index in [0.717, 1.165) is 10.8 Å². The Bertz CT molecular complexity index is 1090. The minimum atomic E-state index is -3.50. The molecule has 1 unspecified atom stereocenters. The smallest absolute Gasteiger partial charge is 0.381 e. The van der Waals surface area contributed by atoms with Crippen LogP contribution in [0.4, 0.5) is 14.6 Å². The maximum Gasteiger partial charge on any atom is 0.381 e. The van der Waals surface area contributed by atoms with Gasteiger partial charge in [-0.25, -0.2) is 13.6 Å². The summed E-state index contributed by atoms with van der Waals surface area (Å²) in [5.74, 6) is 0.288. The van der Waals surface area contributed by atoms with Crippen LogP contribution in [0.3, 0.4) is 0 Å². The van der Waals surface area contributed by atoms with Crippen molar-refractivity contribution in [2.75, 3.05) is 12.3 Å². The molecule has 1 aromatic heterocycles. The number of nitrogens with zero attached hydrogens (tertiary/aromatic N) is 2. The maximum absolute atomic E-state index is 14.1. The van der Waals surface area contributed by atoms with E-state index in [1.54, 1.807) is 24.3 Å². The molecule has 4 N–H and O–H groups in total. The molecule has 1 saturated heterocycles. The number of halogens is 2. The third-order valence-corrected chi connectivity index (χ3v) is 7.13. The van der Waals surface area contributed by atoms with E-state index in [1.165, 1.54) is 6.07 Å². The van der Waals surface area contributed by atoms with E-state index < -0.39 is 49.5 Å². The summed E-state index contributed by atoms with van der Waals surface area (Å²) in [6, 6.07) is 8.07. The first-order valence-corrected chi connectivity index (χ1v) is 11.5. The number of aromatic nitrogens is 2. The van der Waals surface area contributed by atoms with Crippen molar-refractivity contribution in [3.63, 3.8) is 0 Å². The highest BCUT2D eigenvalue weighted by molar-refractivity contribution is 8.07. The number of aliphatic hydroxyl groups excluding tert-OH is 2. The lowest BCUT2D eigenvalue weighted by Gasteiger charge is -2.34. The molecule has 31 heavy (non-hydrogen) atoms. The van der Waals surface area contributed by atoms with Crippen molar-refractivity contribution in [1.29, 1.82) is 0 Å². The predicted octanol–water partition coefficient (Wildman–Crippen LogP) is 0.930. The van der Waals surface area contributed by atoms with Crippen molar-refractivity contribution in [2.45, 2.75) is 37.1 Å². The van der Waals surface area contributed by atoms with Crippen LogP contribution in [0.25, 0.3) is 0 Å². The molecule has 2 aliphatic heterocycles. The number of para-hydroxylation sites is 1. The Balaban J connectivity index is 1.58. The summed E-state index contributed by atoms with van der Waals surface area (Å²) in [4.78, 5) is 15.5. The second-order valence-corrected chi connectivity index (χ2v) is 9.87. The molecule has 2 aliphatic rings. The molecule has 0 saturated carbocycles. The lowest BCUT2D eigenvalue weighted by Crippen LogP contribution is -2.52. The highest BCUT2D eigenvalue weighted by atomic mass is 32.5. The number of hydrogen-bond donors (Lipinski definition) is 3. The zero-order valence-corrected chi connectivity index (χ0v) is 17.4. The average Bonchev–Trinajstić information content (AvgIpc) is 2.98. The van der Waals surface area contributed by atoms with Crippen molar-refractivity contribution in [1.82, 2.24) is 9.55 Å². The Kier molecular flexibility index (Phi) is 5.85. The molecule has 14 heteroatoms. The van der Waals surface area contributed by atoms with Gasteiger partial charge in [-0.2, -0.15) is 4.98 Å². The molecule has 5 atom stereocenters. The van der Waals surface area contributed by atoms with E-state index >= 15 is 0 Å². The van der Waals surface area contributed by atoms with Gasteiger partial charge >= 0.3 is 12.4 Å². The quantitative estimate of drug-likeness (QED) is 0.533. The molecule has 0 aliphatic carbocycles. The van der Waals surface area contributed by atoms with Crippen LogP contribution < -0.4 is 15.9 Å². The van der Waals surface area contributed by atoms with Gasteiger partial charge in [-0.05, 0) is 12.1 Å². The summed E-state index contributed by atoms with van der Waals surface area (Å²) in [5.41, 5.74) is 2.46. The number of nitrogen functional groups attached to an aromatic ring is 1. The Morgan fingerprint density at radius 2 is 2.13 bits per heavy atom. The van der Waals surface area contributed by atoms with Crippen LogP contribution in [0, 0.1) is 0 Å². The zero-order chi connectivity index (χ0) is 22.4. The summed E-state index contributed by atoms with van der Waals surface area (Å²) in [6.45, 7) is -4.42. The van der Waals surface area contributed by atoms with Crippen LogP contribution in [0.2, 0.25) is 0 Å². The Morgan fingerprint density at radius 1 is 1.39 bits per heavy atom. The first-order chi connectivity index (χ1) is 14.7. The Hall–Kier alpha value is -1.99. The fourth-order valence-corrected chi connectivity index (χ4v) is 5.08. The standard InChI is InChI=1S/C17H18F2N3O7PS/c18-15(19)17(8-27-30(31)26-7-9-3-1-2-4-10(9)29-30)13(24)12(23)14(28-17)22-6-5-11(20)21-16(22)25/h1-6,12-15,23-24H,7-8H2,(H2,20,21,25)/t12-,13-,14-,17-,30?/m1/s1. The average molecular weight is 477 g/mol. The number of hydrogen-bond acceptors (Lipinski definition) is 10. The fraction of sp³-hybridized carbons (Fsp3) is 0.412. The number of rotatable bonds is 5. The summed E-state index contributed by atoms with van der Waals surface area (Å²) in [6.07, 6.45) is -7.89. The molecule has 168 valence electrons. The number of benzene rings is 1. The monoisotopic (exact) mass is 477 g/mol. The summed E-state index contributed by atoms with van der Waals surface area (Å²) >= 11 is 5.25. The lowest BCUT2D eigenvalue weighted by molar-refractivity contribution is -0.193. The SMILES string of the molecule is Nc1ccn([C@@H]2O[C@@](COP3(=S)OCc4ccccc4O3)(C(F)F)[C@H](O)[C@H]2O)c(=O)n1. The molecule has 0 spiro atoms. The van der Waals surface area contributed by atoms with Crippen LogP contribution in [0.15, 0.2) is 41.3 Å². The second kappa shape index (κ2) is 8.17. The number of ether oxygens (including phenoxy) is 1. The van der Waals surface area contributed by atoms with Gasteiger partial charge in [0.2, 0.25) is 0 Å². The molecule has 0 radical (unpaired) electrons. The number of aliphatic hydroxyl groups is 2. The third-order valence-electron chi connectivity index (χ3n) is 4.96. The van der Waals surface area contributed by atoms with Crippen molar-refractivity contribution in [3.05, 3.63) is 52.6 Å². The van der Waals surface area contributed by atoms with Crippen molar-refractivity contribution < 1.29 is 37.3 Å². The van der Waals surface area contributed by atoms with Crippen LogP contribution in [-0.2, 0) is 32.2 Å². The minimum Gasteiger partial charge on any atom is -0.424 e. The Labute approximate surface area is 179 Å². The molecule has 4 rings (SSSR count). The molecule has 0 bridgehead atoms. The van der Waals surface area contributed by atoms with Crippen LogP contribution in [-0.4, -0.2) is 50.6 Å². The number of nitrogens with two attached hydrogens (primary N) is 1. The minimum absolute atomic E-state index is 0.0519. The first kappa shape index (κ1) is 22.2. The molecule has 1 aromatic carbocycles. The number of fused-ring (bicyclic) bond motifs is 1. The lowest BCUT2D eigenvalue weighted by atomic mass is 9.96. The van der Waals surface area contributed by atoms with Gasteiger partial charge in [-0.15, -0.1) is 0 Å². The van der Waals surface area contributed by atoms with E-state index in [1.807, 2.05) is 0 Å². The van der Waals surface area contributed by atoms with Gasteiger partial charge in [0.15, 0.2) is 11.8 Å². The number of anilines is 1. The van der Waals surface area contributed by atoms with E-state index in [9.17, 15) is 23.8 Å². The van der Waals surface area contributed by atoms with Gasteiger partial charge in [0.25, 0.3) is 6.43 Å². The predicted molar refractivity (Wildman–Crippen MR) is 106 cm³/mol. The van der Waals surface area contributed by atoms with E-state index in [4.69, 9.17) is 35.8 Å². The van der Waals surface area contributed by atoms with Gasteiger partial charge in [0, 0.05) is 23.6 Å². The van der Waals surface area contributed by atoms with Crippen LogP contribution >= 0.6 is 6.72 Å². The Morgan fingerprint density at radius 3 is 2.84 bits per heavy atom. The molecule has 1 fully saturated rings. The second-order valence-electron chi connectivity index (χ2n) is 6.93. The maximum atomic E-state index is 14.1. The van der Waals surface area contributed by atoms with Crippen molar-refractivity contribution in [2.24, 2.45) is 0 Å². The van der Waals surface area contributed by atoms with E-state index in [-0.39, 0.29) is 12.4 Å². The largest absolute Gasteiger partial charge is 0.424 e. The van der Waals surface area contributed by atoms with Gasteiger partial charge in [0.05, 0.1) is 13.2 Å². The van der Waals surface area contributed by atoms with Crippen LogP contribution in [0.1, 0.15) is 11.8 Å². The van der Waals surface area contributed by atoms with Crippen LogP contribution in [0.5, 0.6) is 5.75 Å². The molecular weight excluding hydrogens is 459 g/mol. The molecule has 10 nitrogen and oxygen atoms in total. The topological polar surface area (TPSA) is 138 Å². The molecule has 3 heterocycles. The van der Waals surface area contributed by atoms with E-state index in [0.29, 0.717) is 11.3 Å². The number of alkyl halides is 2. The van der Waals surface area contributed by atoms with Gasteiger partial charge < -0.3 is 25.2 Å². The van der Waals surface area contributed by atoms with E-state index in [2.05, 4.69) is 4.98 Å². The summed E-state index contributed by atoms with van der Waals surface area (Å²) in [5, 5.41) is 20.8. The highest BCUT2D eigenvalue weighted by Crippen LogP contribution is 2.56. The normalized spacial score (nSPS) is 32.6. The van der Waals surface area contributed by atoms with Crippen molar-refractivity contribution in [3.8, 4) is 5.75 Å². The molecular formula is C17H18F2N3O7PS. The zero-order valence-electron chi connectivity index (χ0n) is 15.7. The van der Waals surface area contributed by atoms with Gasteiger partial charge in [0.1, 0.15) is 23.8 Å². The summed E-state index contributed by atoms with van der Waals surface area (Å²) in [7, 11) is 0. The first-order valence-electron chi connectivity index (χ1n) is 8.98. The van der Waals surface area contributed by atoms with Crippen molar-refractivity contribution >= 4 is 24.3 Å². The third kappa shape index (κ3) is 3.98. The highest BCUT2D eigenvalue weighted by Gasteiger charge is 2.61. The molecule has 2 aromatic rings. The van der Waals surface area contributed by atoms with Gasteiger partial charge in [-0.1, -0.05) is 18.2 Å². The summed E-state index contributed by atoms with van der Waals surface area (Å²) < 4.78 is 50.7. The fourth-order valence-electron chi connectivity index (χ4n) is 3.26.